The molecule has 24 heavy (non-hydrogen) atoms. The SMILES string of the molecule is CCC(C)CCC(CI)CCC(c1ccccc1)c1ccccc1. The first-order valence-corrected chi connectivity index (χ1v) is 10.9. The molecule has 0 N–H and O–H groups in total. The van der Waals surface area contributed by atoms with Crippen molar-refractivity contribution in [3.05, 3.63) is 71.8 Å². The quantitative estimate of drug-likeness (QED) is 0.269. The molecule has 0 aromatic heterocycles. The molecule has 0 fully saturated rings. The Labute approximate surface area is 162 Å². The minimum atomic E-state index is 0.529. The largest absolute Gasteiger partial charge is 0.0861 e. The summed E-state index contributed by atoms with van der Waals surface area (Å²) in [6, 6.07) is 22.1. The molecule has 2 rings (SSSR count). The van der Waals surface area contributed by atoms with Crippen LogP contribution in [0.25, 0.3) is 0 Å². The van der Waals surface area contributed by atoms with Crippen LogP contribution in [0, 0.1) is 11.8 Å². The molecule has 2 aromatic rings. The Hall–Kier alpha value is -0.830. The Morgan fingerprint density at radius 2 is 1.25 bits per heavy atom. The number of rotatable bonds is 10. The van der Waals surface area contributed by atoms with Gasteiger partial charge in [-0.2, -0.15) is 0 Å². The molecule has 0 aliphatic heterocycles. The standard InChI is InChI=1S/C23H31I/c1-3-19(2)14-15-20(18-24)16-17-23(21-10-6-4-7-11-21)22-12-8-5-9-13-22/h4-13,19-20,23H,3,14-18H2,1-2H3. The summed E-state index contributed by atoms with van der Waals surface area (Å²) in [5, 5.41) is 0. The molecule has 0 saturated carbocycles. The Bertz CT molecular complexity index is 509. The number of alkyl halides is 1. The van der Waals surface area contributed by atoms with Gasteiger partial charge >= 0.3 is 0 Å². The average molecular weight is 434 g/mol. The minimum Gasteiger partial charge on any atom is -0.0861 e. The fourth-order valence-corrected chi connectivity index (χ4v) is 4.20. The average Bonchev–Trinajstić information content (AvgIpc) is 2.65. The van der Waals surface area contributed by atoms with Crippen molar-refractivity contribution in [1.82, 2.24) is 0 Å². The van der Waals surface area contributed by atoms with E-state index in [2.05, 4.69) is 97.1 Å². The van der Waals surface area contributed by atoms with Crippen LogP contribution in [0.15, 0.2) is 60.7 Å². The van der Waals surface area contributed by atoms with Crippen molar-refractivity contribution in [3.8, 4) is 0 Å². The lowest BCUT2D eigenvalue weighted by molar-refractivity contribution is 0.401. The Kier molecular flexibility index (Phi) is 8.87. The van der Waals surface area contributed by atoms with E-state index in [9.17, 15) is 0 Å². The molecule has 130 valence electrons. The van der Waals surface area contributed by atoms with Crippen molar-refractivity contribution in [2.75, 3.05) is 4.43 Å². The van der Waals surface area contributed by atoms with E-state index >= 15 is 0 Å². The summed E-state index contributed by atoms with van der Waals surface area (Å²) in [6.07, 6.45) is 6.65. The third-order valence-electron chi connectivity index (χ3n) is 5.25. The maximum Gasteiger partial charge on any atom is 0.00894 e. The topological polar surface area (TPSA) is 0 Å². The van der Waals surface area contributed by atoms with Crippen molar-refractivity contribution in [2.45, 2.75) is 51.9 Å². The third kappa shape index (κ3) is 6.23. The van der Waals surface area contributed by atoms with Crippen LogP contribution in [0.2, 0.25) is 0 Å². The summed E-state index contributed by atoms with van der Waals surface area (Å²) < 4.78 is 1.28. The van der Waals surface area contributed by atoms with Gasteiger partial charge in [-0.1, -0.05) is 110 Å². The maximum absolute atomic E-state index is 2.58. The summed E-state index contributed by atoms with van der Waals surface area (Å²) in [7, 11) is 0. The fourth-order valence-electron chi connectivity index (χ4n) is 3.32. The Morgan fingerprint density at radius 3 is 1.71 bits per heavy atom. The van der Waals surface area contributed by atoms with Crippen LogP contribution in [0.3, 0.4) is 0 Å². The van der Waals surface area contributed by atoms with E-state index in [1.807, 2.05) is 0 Å². The van der Waals surface area contributed by atoms with Crippen LogP contribution in [-0.2, 0) is 0 Å². The highest BCUT2D eigenvalue weighted by molar-refractivity contribution is 14.1. The lowest BCUT2D eigenvalue weighted by Gasteiger charge is -2.22. The van der Waals surface area contributed by atoms with Gasteiger partial charge in [0.1, 0.15) is 0 Å². The Morgan fingerprint density at radius 1 is 0.750 bits per heavy atom. The van der Waals surface area contributed by atoms with Crippen molar-refractivity contribution in [2.24, 2.45) is 11.8 Å². The van der Waals surface area contributed by atoms with Crippen LogP contribution in [-0.4, -0.2) is 4.43 Å². The highest BCUT2D eigenvalue weighted by Crippen LogP contribution is 2.32. The molecule has 0 heterocycles. The third-order valence-corrected chi connectivity index (χ3v) is 6.50. The zero-order valence-electron chi connectivity index (χ0n) is 15.1. The summed E-state index contributed by atoms with van der Waals surface area (Å²) in [6.45, 7) is 4.70. The van der Waals surface area contributed by atoms with Crippen molar-refractivity contribution in [1.29, 1.82) is 0 Å². The van der Waals surface area contributed by atoms with Gasteiger partial charge in [0.05, 0.1) is 0 Å². The molecule has 2 atom stereocenters. The molecule has 0 nitrogen and oxygen atoms in total. The van der Waals surface area contributed by atoms with Gasteiger partial charge < -0.3 is 0 Å². The lowest BCUT2D eigenvalue weighted by atomic mass is 9.84. The van der Waals surface area contributed by atoms with Gasteiger partial charge in [0, 0.05) is 10.3 Å². The molecule has 1 heteroatoms. The highest BCUT2D eigenvalue weighted by Gasteiger charge is 2.17. The second-order valence-corrected chi connectivity index (χ2v) is 7.94. The highest BCUT2D eigenvalue weighted by atomic mass is 127. The van der Waals surface area contributed by atoms with E-state index in [0.717, 1.165) is 11.8 Å². The first kappa shape index (κ1) is 19.5. The molecule has 0 saturated heterocycles. The number of benzene rings is 2. The van der Waals surface area contributed by atoms with Crippen LogP contribution in [0.1, 0.15) is 63.0 Å². The summed E-state index contributed by atoms with van der Waals surface area (Å²) in [5.74, 6) is 2.26. The molecule has 2 unspecified atom stereocenters. The van der Waals surface area contributed by atoms with E-state index in [4.69, 9.17) is 0 Å². The molecule has 0 amide bonds. The smallest absolute Gasteiger partial charge is 0.00894 e. The summed E-state index contributed by atoms with van der Waals surface area (Å²) >= 11 is 2.58. The summed E-state index contributed by atoms with van der Waals surface area (Å²) in [4.78, 5) is 0. The molecular weight excluding hydrogens is 403 g/mol. The normalized spacial score (nSPS) is 13.8. The molecule has 0 spiro atoms. The second kappa shape index (κ2) is 10.9. The van der Waals surface area contributed by atoms with Gasteiger partial charge in [-0.15, -0.1) is 0 Å². The van der Waals surface area contributed by atoms with E-state index < -0.39 is 0 Å². The first-order valence-electron chi connectivity index (χ1n) is 9.40. The van der Waals surface area contributed by atoms with E-state index in [-0.39, 0.29) is 0 Å². The van der Waals surface area contributed by atoms with Crippen LogP contribution in [0.5, 0.6) is 0 Å². The minimum absolute atomic E-state index is 0.529. The van der Waals surface area contributed by atoms with Crippen LogP contribution in [0.4, 0.5) is 0 Å². The number of hydrogen-bond acceptors (Lipinski definition) is 0. The molecule has 0 bridgehead atoms. The van der Waals surface area contributed by atoms with Gasteiger partial charge in [-0.3, -0.25) is 0 Å². The fraction of sp³-hybridized carbons (Fsp3) is 0.478. The van der Waals surface area contributed by atoms with Gasteiger partial charge in [-0.05, 0) is 42.2 Å². The predicted molar refractivity (Wildman–Crippen MR) is 115 cm³/mol. The van der Waals surface area contributed by atoms with Gasteiger partial charge in [0.2, 0.25) is 0 Å². The molecule has 2 aromatic carbocycles. The molecule has 0 aliphatic carbocycles. The zero-order valence-corrected chi connectivity index (χ0v) is 17.3. The Balaban J connectivity index is 2.03. The molecular formula is C23H31I. The van der Waals surface area contributed by atoms with E-state index in [1.54, 1.807) is 0 Å². The maximum atomic E-state index is 2.58. The van der Waals surface area contributed by atoms with Gasteiger partial charge in [0.25, 0.3) is 0 Å². The summed E-state index contributed by atoms with van der Waals surface area (Å²) in [5.41, 5.74) is 2.91. The zero-order chi connectivity index (χ0) is 17.2. The number of hydrogen-bond donors (Lipinski definition) is 0. The van der Waals surface area contributed by atoms with Crippen molar-refractivity contribution in [3.63, 3.8) is 0 Å². The van der Waals surface area contributed by atoms with Gasteiger partial charge in [-0.25, -0.2) is 0 Å². The van der Waals surface area contributed by atoms with Crippen LogP contribution >= 0.6 is 22.6 Å². The van der Waals surface area contributed by atoms with Crippen molar-refractivity contribution >= 4 is 22.6 Å². The second-order valence-electron chi connectivity index (χ2n) is 7.06. The lowest BCUT2D eigenvalue weighted by Crippen LogP contribution is -2.09. The van der Waals surface area contributed by atoms with E-state index in [1.165, 1.54) is 47.7 Å². The van der Waals surface area contributed by atoms with Gasteiger partial charge in [0.15, 0.2) is 0 Å². The predicted octanol–water partition coefficient (Wildman–Crippen LogP) is 7.48. The monoisotopic (exact) mass is 434 g/mol. The van der Waals surface area contributed by atoms with Crippen LogP contribution < -0.4 is 0 Å². The van der Waals surface area contributed by atoms with Crippen molar-refractivity contribution < 1.29 is 0 Å². The first-order chi connectivity index (χ1) is 11.7. The number of halogens is 1. The molecule has 0 aliphatic rings. The molecule has 0 radical (unpaired) electrons. The van der Waals surface area contributed by atoms with E-state index in [0.29, 0.717) is 5.92 Å².